The average molecular weight is 225 g/mol. The summed E-state index contributed by atoms with van der Waals surface area (Å²) in [7, 11) is 1.63. The van der Waals surface area contributed by atoms with Crippen LogP contribution in [0.1, 0.15) is 5.56 Å². The number of benzene rings is 1. The second kappa shape index (κ2) is 5.23. The van der Waals surface area contributed by atoms with E-state index in [1.54, 1.807) is 19.2 Å². The zero-order valence-electron chi connectivity index (χ0n) is 8.08. The van der Waals surface area contributed by atoms with Gasteiger partial charge in [0.15, 0.2) is 0 Å². The van der Waals surface area contributed by atoms with E-state index in [0.29, 0.717) is 11.3 Å². The second-order valence-electron chi connectivity index (χ2n) is 2.67. The molecule has 0 aliphatic carbocycles. The molecule has 1 aromatic carbocycles. The third-order valence-corrected chi connectivity index (χ3v) is 1.90. The molecule has 0 spiro atoms. The van der Waals surface area contributed by atoms with Crippen LogP contribution in [-0.2, 0) is 0 Å². The van der Waals surface area contributed by atoms with Gasteiger partial charge in [-0.05, 0) is 12.1 Å². The van der Waals surface area contributed by atoms with Gasteiger partial charge in [-0.15, -0.1) is 11.6 Å². The number of nitro benzene ring substituents is 1. The molecule has 0 aliphatic rings. The Morgan fingerprint density at radius 3 is 2.87 bits per heavy atom. The Balaban J connectivity index is 3.16. The molecule has 0 atom stereocenters. The highest BCUT2D eigenvalue weighted by molar-refractivity contribution is 6.19. The zero-order valence-corrected chi connectivity index (χ0v) is 8.84. The first-order valence-corrected chi connectivity index (χ1v) is 4.73. The summed E-state index contributed by atoms with van der Waals surface area (Å²) in [6.45, 7) is 0. The standard InChI is InChI=1S/C10H9ClN2O2/c1-12-9-5-4-8(3-2-6-11)7-10(9)13(14)15/h4-5,7,12H,6H2,1H3. The Hall–Kier alpha value is -1.73. The van der Waals surface area contributed by atoms with Crippen LogP contribution in [0.2, 0.25) is 0 Å². The van der Waals surface area contributed by atoms with E-state index in [0.717, 1.165) is 0 Å². The highest BCUT2D eigenvalue weighted by Crippen LogP contribution is 2.24. The van der Waals surface area contributed by atoms with Crippen LogP contribution in [0.25, 0.3) is 0 Å². The molecule has 5 heteroatoms. The fourth-order valence-electron chi connectivity index (χ4n) is 1.11. The van der Waals surface area contributed by atoms with Crippen LogP contribution < -0.4 is 5.32 Å². The van der Waals surface area contributed by atoms with Gasteiger partial charge in [-0.3, -0.25) is 10.1 Å². The maximum absolute atomic E-state index is 10.7. The maximum atomic E-state index is 10.7. The molecule has 4 nitrogen and oxygen atoms in total. The molecule has 0 radical (unpaired) electrons. The van der Waals surface area contributed by atoms with Gasteiger partial charge in [0.2, 0.25) is 0 Å². The van der Waals surface area contributed by atoms with E-state index in [1.807, 2.05) is 0 Å². The van der Waals surface area contributed by atoms with Gasteiger partial charge in [0.05, 0.1) is 10.8 Å². The van der Waals surface area contributed by atoms with Crippen molar-refractivity contribution in [3.63, 3.8) is 0 Å². The molecular weight excluding hydrogens is 216 g/mol. The Kier molecular flexibility index (Phi) is 3.95. The number of alkyl halides is 1. The molecule has 0 aromatic heterocycles. The maximum Gasteiger partial charge on any atom is 0.293 e. The normalized spacial score (nSPS) is 8.93. The van der Waals surface area contributed by atoms with Crippen LogP contribution in [0, 0.1) is 22.0 Å². The highest BCUT2D eigenvalue weighted by Gasteiger charge is 2.12. The minimum absolute atomic E-state index is 0.0128. The highest BCUT2D eigenvalue weighted by atomic mass is 35.5. The summed E-state index contributed by atoms with van der Waals surface area (Å²) in [5.41, 5.74) is 1.07. The van der Waals surface area contributed by atoms with E-state index in [1.165, 1.54) is 6.07 Å². The van der Waals surface area contributed by atoms with Crippen LogP contribution in [0.5, 0.6) is 0 Å². The molecular formula is C10H9ClN2O2. The molecule has 0 saturated carbocycles. The third kappa shape index (κ3) is 2.86. The predicted molar refractivity (Wildman–Crippen MR) is 60.2 cm³/mol. The van der Waals surface area contributed by atoms with Gasteiger partial charge in [-0.1, -0.05) is 11.8 Å². The van der Waals surface area contributed by atoms with E-state index in [2.05, 4.69) is 17.2 Å². The number of nitrogens with one attached hydrogen (secondary N) is 1. The van der Waals surface area contributed by atoms with Crippen LogP contribution in [0.3, 0.4) is 0 Å². The lowest BCUT2D eigenvalue weighted by molar-refractivity contribution is -0.384. The van der Waals surface area contributed by atoms with Crippen LogP contribution in [-0.4, -0.2) is 17.9 Å². The summed E-state index contributed by atoms with van der Waals surface area (Å²) in [5, 5.41) is 13.4. The van der Waals surface area contributed by atoms with Crippen molar-refractivity contribution in [1.29, 1.82) is 0 Å². The molecule has 0 fully saturated rings. The van der Waals surface area contributed by atoms with Gasteiger partial charge in [-0.2, -0.15) is 0 Å². The molecule has 1 N–H and O–H groups in total. The Morgan fingerprint density at radius 1 is 1.60 bits per heavy atom. The molecule has 1 rings (SSSR count). The first kappa shape index (κ1) is 11.3. The van der Waals surface area contributed by atoms with Gasteiger partial charge in [0, 0.05) is 18.7 Å². The van der Waals surface area contributed by atoms with Gasteiger partial charge in [0.1, 0.15) is 5.69 Å². The number of hydrogen-bond acceptors (Lipinski definition) is 3. The van der Waals surface area contributed by atoms with Crippen LogP contribution >= 0.6 is 11.6 Å². The monoisotopic (exact) mass is 224 g/mol. The molecule has 0 aliphatic heterocycles. The molecule has 78 valence electrons. The van der Waals surface area contributed by atoms with Crippen molar-refractivity contribution in [2.24, 2.45) is 0 Å². The van der Waals surface area contributed by atoms with Gasteiger partial charge >= 0.3 is 0 Å². The summed E-state index contributed by atoms with van der Waals surface area (Å²) in [5.74, 6) is 5.58. The predicted octanol–water partition coefficient (Wildman–Crippen LogP) is 2.23. The van der Waals surface area contributed by atoms with E-state index in [4.69, 9.17) is 11.6 Å². The third-order valence-electron chi connectivity index (χ3n) is 1.76. The van der Waals surface area contributed by atoms with Crippen molar-refractivity contribution >= 4 is 23.0 Å². The Bertz CT molecular complexity index is 435. The molecule has 0 heterocycles. The molecule has 0 unspecified atom stereocenters. The summed E-state index contributed by atoms with van der Waals surface area (Å²) in [6.07, 6.45) is 0. The van der Waals surface area contributed by atoms with Crippen LogP contribution in [0.4, 0.5) is 11.4 Å². The number of anilines is 1. The van der Waals surface area contributed by atoms with Crippen molar-refractivity contribution in [1.82, 2.24) is 0 Å². The summed E-state index contributed by atoms with van der Waals surface area (Å²) >= 11 is 5.39. The molecule has 0 saturated heterocycles. The molecule has 0 bridgehead atoms. The minimum Gasteiger partial charge on any atom is -0.383 e. The van der Waals surface area contributed by atoms with E-state index >= 15 is 0 Å². The van der Waals surface area contributed by atoms with E-state index in [-0.39, 0.29) is 11.6 Å². The number of halogens is 1. The lowest BCUT2D eigenvalue weighted by Gasteiger charge is -2.01. The first-order chi connectivity index (χ1) is 7.19. The quantitative estimate of drug-likeness (QED) is 0.363. The minimum atomic E-state index is -0.447. The summed E-state index contributed by atoms with van der Waals surface area (Å²) in [4.78, 5) is 10.3. The van der Waals surface area contributed by atoms with Gasteiger partial charge in [-0.25, -0.2) is 0 Å². The fraction of sp³-hybridized carbons (Fsp3) is 0.200. The smallest absolute Gasteiger partial charge is 0.293 e. The Labute approximate surface area is 92.4 Å². The van der Waals surface area contributed by atoms with Crippen molar-refractivity contribution < 1.29 is 4.92 Å². The summed E-state index contributed by atoms with van der Waals surface area (Å²) in [6, 6.07) is 4.75. The molecule has 0 amide bonds. The largest absolute Gasteiger partial charge is 0.383 e. The average Bonchev–Trinajstić information content (AvgIpc) is 2.25. The van der Waals surface area contributed by atoms with Gasteiger partial charge < -0.3 is 5.32 Å². The summed E-state index contributed by atoms with van der Waals surface area (Å²) < 4.78 is 0. The lowest BCUT2D eigenvalue weighted by Crippen LogP contribution is -1.96. The SMILES string of the molecule is CNc1ccc(C#CCCl)cc1[N+](=O)[O-]. The van der Waals surface area contributed by atoms with E-state index in [9.17, 15) is 10.1 Å². The van der Waals surface area contributed by atoms with Crippen molar-refractivity contribution in [2.45, 2.75) is 0 Å². The molecule has 15 heavy (non-hydrogen) atoms. The molecule has 1 aromatic rings. The first-order valence-electron chi connectivity index (χ1n) is 4.20. The number of nitrogens with zero attached hydrogens (tertiary/aromatic N) is 1. The van der Waals surface area contributed by atoms with Crippen molar-refractivity contribution in [3.05, 3.63) is 33.9 Å². The Morgan fingerprint density at radius 2 is 2.33 bits per heavy atom. The number of rotatable bonds is 2. The number of hydrogen-bond donors (Lipinski definition) is 1. The zero-order chi connectivity index (χ0) is 11.3. The second-order valence-corrected chi connectivity index (χ2v) is 2.94. The van der Waals surface area contributed by atoms with Crippen LogP contribution in [0.15, 0.2) is 18.2 Å². The van der Waals surface area contributed by atoms with Crippen molar-refractivity contribution in [2.75, 3.05) is 18.2 Å². The van der Waals surface area contributed by atoms with Crippen molar-refractivity contribution in [3.8, 4) is 11.8 Å². The number of nitro groups is 1. The van der Waals surface area contributed by atoms with E-state index < -0.39 is 4.92 Å². The topological polar surface area (TPSA) is 55.2 Å². The lowest BCUT2D eigenvalue weighted by atomic mass is 10.2. The fourth-order valence-corrected chi connectivity index (χ4v) is 1.17. The van der Waals surface area contributed by atoms with Gasteiger partial charge in [0.25, 0.3) is 5.69 Å².